The predicted octanol–water partition coefficient (Wildman–Crippen LogP) is 2.38. The zero-order chi connectivity index (χ0) is 15.5. The van der Waals surface area contributed by atoms with Crippen LogP contribution in [0.2, 0.25) is 0 Å². The molecule has 114 valence electrons. The van der Waals surface area contributed by atoms with Crippen molar-refractivity contribution in [2.45, 2.75) is 19.4 Å². The van der Waals surface area contributed by atoms with Crippen molar-refractivity contribution in [1.82, 2.24) is 10.3 Å². The summed E-state index contributed by atoms with van der Waals surface area (Å²) in [4.78, 5) is 29.9. The number of nitrogens with one attached hydrogen (secondary N) is 2. The SMILES string of the molecule is Cc1ccc(N2CC[C@@H](NC(=O)Nc3nccs3)C2=O)cc1. The molecule has 6 nitrogen and oxygen atoms in total. The molecule has 3 rings (SSSR count). The van der Waals surface area contributed by atoms with E-state index in [0.717, 1.165) is 11.3 Å². The summed E-state index contributed by atoms with van der Waals surface area (Å²) in [6.45, 7) is 2.60. The summed E-state index contributed by atoms with van der Waals surface area (Å²) >= 11 is 1.33. The fourth-order valence-corrected chi connectivity index (χ4v) is 2.90. The van der Waals surface area contributed by atoms with E-state index in [-0.39, 0.29) is 5.91 Å². The van der Waals surface area contributed by atoms with Gasteiger partial charge in [-0.05, 0) is 25.5 Å². The number of benzene rings is 1. The van der Waals surface area contributed by atoms with Gasteiger partial charge in [0.2, 0.25) is 5.91 Å². The molecule has 2 heterocycles. The maximum atomic E-state index is 12.4. The molecule has 1 aliphatic heterocycles. The lowest BCUT2D eigenvalue weighted by molar-refractivity contribution is -0.118. The first-order valence-corrected chi connectivity index (χ1v) is 7.86. The molecule has 0 aliphatic carbocycles. The van der Waals surface area contributed by atoms with Crippen LogP contribution < -0.4 is 15.5 Å². The quantitative estimate of drug-likeness (QED) is 0.913. The molecule has 2 N–H and O–H groups in total. The smallest absolute Gasteiger partial charge is 0.321 e. The molecule has 1 fully saturated rings. The van der Waals surface area contributed by atoms with Gasteiger partial charge in [-0.1, -0.05) is 17.7 Å². The highest BCUT2D eigenvalue weighted by Gasteiger charge is 2.33. The van der Waals surface area contributed by atoms with Gasteiger partial charge in [-0.3, -0.25) is 10.1 Å². The van der Waals surface area contributed by atoms with E-state index in [9.17, 15) is 9.59 Å². The van der Waals surface area contributed by atoms with Gasteiger partial charge in [0, 0.05) is 23.8 Å². The Bertz CT molecular complexity index is 669. The monoisotopic (exact) mass is 316 g/mol. The average molecular weight is 316 g/mol. The van der Waals surface area contributed by atoms with Crippen LogP contribution in [-0.4, -0.2) is 29.5 Å². The molecule has 2 aromatic rings. The van der Waals surface area contributed by atoms with Crippen LogP contribution in [0.4, 0.5) is 15.6 Å². The number of carbonyl (C=O) groups is 2. The molecule has 1 saturated heterocycles. The van der Waals surface area contributed by atoms with Crippen LogP contribution in [0.1, 0.15) is 12.0 Å². The van der Waals surface area contributed by atoms with E-state index in [4.69, 9.17) is 0 Å². The summed E-state index contributed by atoms with van der Waals surface area (Å²) in [5.74, 6) is -0.0851. The maximum absolute atomic E-state index is 12.4. The van der Waals surface area contributed by atoms with E-state index in [2.05, 4.69) is 15.6 Å². The van der Waals surface area contributed by atoms with Crippen molar-refractivity contribution in [2.75, 3.05) is 16.8 Å². The van der Waals surface area contributed by atoms with Gasteiger partial charge in [-0.15, -0.1) is 11.3 Å². The van der Waals surface area contributed by atoms with Crippen molar-refractivity contribution in [1.29, 1.82) is 0 Å². The van der Waals surface area contributed by atoms with E-state index >= 15 is 0 Å². The van der Waals surface area contributed by atoms with Crippen LogP contribution in [0.25, 0.3) is 0 Å². The molecule has 0 saturated carbocycles. The topological polar surface area (TPSA) is 74.3 Å². The van der Waals surface area contributed by atoms with Crippen molar-refractivity contribution in [3.63, 3.8) is 0 Å². The molecule has 0 radical (unpaired) electrons. The number of anilines is 2. The van der Waals surface area contributed by atoms with E-state index in [1.165, 1.54) is 11.3 Å². The number of hydrogen-bond donors (Lipinski definition) is 2. The number of aryl methyl sites for hydroxylation is 1. The Morgan fingerprint density at radius 2 is 2.14 bits per heavy atom. The Kier molecular flexibility index (Phi) is 4.06. The third-order valence-electron chi connectivity index (χ3n) is 3.51. The molecule has 1 aromatic carbocycles. The van der Waals surface area contributed by atoms with Gasteiger partial charge in [0.15, 0.2) is 5.13 Å². The lowest BCUT2D eigenvalue weighted by Gasteiger charge is -2.17. The predicted molar refractivity (Wildman–Crippen MR) is 86.2 cm³/mol. The zero-order valence-corrected chi connectivity index (χ0v) is 12.9. The Balaban J connectivity index is 1.61. The molecule has 22 heavy (non-hydrogen) atoms. The Hall–Kier alpha value is -2.41. The molecule has 1 atom stereocenters. The van der Waals surface area contributed by atoms with Crippen LogP contribution in [0.15, 0.2) is 35.8 Å². The number of urea groups is 1. The maximum Gasteiger partial charge on any atom is 0.321 e. The van der Waals surface area contributed by atoms with E-state index < -0.39 is 12.1 Å². The summed E-state index contributed by atoms with van der Waals surface area (Å²) in [5, 5.41) is 7.61. The van der Waals surface area contributed by atoms with Crippen molar-refractivity contribution in [3.05, 3.63) is 41.4 Å². The second-order valence-corrected chi connectivity index (χ2v) is 6.00. The number of hydrogen-bond acceptors (Lipinski definition) is 4. The van der Waals surface area contributed by atoms with Crippen molar-refractivity contribution >= 4 is 34.1 Å². The minimum atomic E-state index is -0.499. The number of nitrogens with zero attached hydrogens (tertiary/aromatic N) is 2. The highest BCUT2D eigenvalue weighted by molar-refractivity contribution is 7.13. The summed E-state index contributed by atoms with van der Waals surface area (Å²) in [7, 11) is 0. The molecule has 0 unspecified atom stereocenters. The minimum Gasteiger partial charge on any atom is -0.326 e. The minimum absolute atomic E-state index is 0.0851. The van der Waals surface area contributed by atoms with Crippen molar-refractivity contribution < 1.29 is 9.59 Å². The highest BCUT2D eigenvalue weighted by Crippen LogP contribution is 2.22. The van der Waals surface area contributed by atoms with Gasteiger partial charge in [-0.25, -0.2) is 9.78 Å². The van der Waals surface area contributed by atoms with Gasteiger partial charge < -0.3 is 10.2 Å². The highest BCUT2D eigenvalue weighted by atomic mass is 32.1. The summed E-state index contributed by atoms with van der Waals surface area (Å²) in [5.41, 5.74) is 2.01. The molecular formula is C15H16N4O2S. The molecule has 7 heteroatoms. The van der Waals surface area contributed by atoms with Gasteiger partial charge in [0.1, 0.15) is 6.04 Å². The standard InChI is InChI=1S/C15H16N4O2S/c1-10-2-4-11(5-3-10)19-8-6-12(13(19)20)17-14(21)18-15-16-7-9-22-15/h2-5,7,9,12H,6,8H2,1H3,(H2,16,17,18,21)/t12-/m1/s1. The zero-order valence-electron chi connectivity index (χ0n) is 12.1. The van der Waals surface area contributed by atoms with Crippen LogP contribution in [0, 0.1) is 6.92 Å². The second kappa shape index (κ2) is 6.15. The number of rotatable bonds is 3. The lowest BCUT2D eigenvalue weighted by atomic mass is 10.2. The third-order valence-corrected chi connectivity index (χ3v) is 4.20. The molecule has 0 bridgehead atoms. The van der Waals surface area contributed by atoms with E-state index in [1.807, 2.05) is 31.2 Å². The van der Waals surface area contributed by atoms with Crippen LogP contribution in [-0.2, 0) is 4.79 Å². The molecule has 3 amide bonds. The van der Waals surface area contributed by atoms with Crippen LogP contribution in [0.3, 0.4) is 0 Å². The largest absolute Gasteiger partial charge is 0.326 e. The fraction of sp³-hybridized carbons (Fsp3) is 0.267. The van der Waals surface area contributed by atoms with E-state index in [0.29, 0.717) is 18.1 Å². The van der Waals surface area contributed by atoms with Crippen LogP contribution >= 0.6 is 11.3 Å². The molecule has 1 aromatic heterocycles. The van der Waals surface area contributed by atoms with Gasteiger partial charge in [-0.2, -0.15) is 0 Å². The summed E-state index contributed by atoms with van der Waals surface area (Å²) < 4.78 is 0. The molecular weight excluding hydrogens is 300 g/mol. The van der Waals surface area contributed by atoms with Gasteiger partial charge in [0.05, 0.1) is 0 Å². The van der Waals surface area contributed by atoms with Crippen LogP contribution in [0.5, 0.6) is 0 Å². The number of amides is 3. The lowest BCUT2D eigenvalue weighted by Crippen LogP contribution is -2.43. The number of aromatic nitrogens is 1. The number of thiazole rings is 1. The Labute approximate surface area is 132 Å². The Morgan fingerprint density at radius 1 is 1.36 bits per heavy atom. The van der Waals surface area contributed by atoms with Gasteiger partial charge >= 0.3 is 6.03 Å². The first-order chi connectivity index (χ1) is 10.6. The van der Waals surface area contributed by atoms with E-state index in [1.54, 1.807) is 16.5 Å². The number of carbonyl (C=O) groups excluding carboxylic acids is 2. The summed E-state index contributed by atoms with van der Waals surface area (Å²) in [6.07, 6.45) is 2.21. The van der Waals surface area contributed by atoms with Crippen molar-refractivity contribution in [3.8, 4) is 0 Å². The first kappa shape index (κ1) is 14.5. The fourth-order valence-electron chi connectivity index (χ4n) is 2.37. The molecule has 0 spiro atoms. The summed E-state index contributed by atoms with van der Waals surface area (Å²) in [6, 6.07) is 6.88. The first-order valence-electron chi connectivity index (χ1n) is 6.98. The third kappa shape index (κ3) is 3.09. The van der Waals surface area contributed by atoms with Gasteiger partial charge in [0.25, 0.3) is 0 Å². The van der Waals surface area contributed by atoms with Crippen molar-refractivity contribution in [2.24, 2.45) is 0 Å². The average Bonchev–Trinajstić information content (AvgIpc) is 3.11. The second-order valence-electron chi connectivity index (χ2n) is 5.10. The normalized spacial score (nSPS) is 17.6. The molecule has 1 aliphatic rings. The Morgan fingerprint density at radius 3 is 2.82 bits per heavy atom.